The number of carbonyl (C=O) groups excluding carboxylic acids is 1. The highest BCUT2D eigenvalue weighted by Gasteiger charge is 2.16. The number of ketones is 1. The van der Waals surface area contributed by atoms with Crippen molar-refractivity contribution in [2.75, 3.05) is 6.26 Å². The van der Waals surface area contributed by atoms with Crippen LogP contribution in [0.1, 0.15) is 24.5 Å². The number of sulfone groups is 1. The standard InChI is InChI=1S/C25H22Cl2N2O3S/c1-15-12-18(17-6-4-7-19(13-17)33(3,31)32)10-11-20(15)24(14-23(28)16(2)30)29-25-21(26)8-5-9-22(25)27/h4-13,28H,14H2,1-3H3. The minimum Gasteiger partial charge on any atom is -0.301 e. The van der Waals surface area contributed by atoms with E-state index in [4.69, 9.17) is 28.6 Å². The normalized spacial score (nSPS) is 12.0. The first kappa shape index (κ1) is 24.8. The molecule has 33 heavy (non-hydrogen) atoms. The number of para-hydroxylation sites is 1. The van der Waals surface area contributed by atoms with Crippen molar-refractivity contribution >= 4 is 55.9 Å². The number of hydrogen-bond donors (Lipinski definition) is 1. The Hall–Kier alpha value is -2.80. The van der Waals surface area contributed by atoms with Crippen LogP contribution < -0.4 is 0 Å². The fourth-order valence-electron chi connectivity index (χ4n) is 3.29. The lowest BCUT2D eigenvalue weighted by atomic mass is 9.94. The molecule has 3 rings (SSSR count). The largest absolute Gasteiger partial charge is 0.301 e. The number of halogens is 2. The van der Waals surface area contributed by atoms with Gasteiger partial charge in [-0.2, -0.15) is 0 Å². The molecule has 170 valence electrons. The zero-order valence-electron chi connectivity index (χ0n) is 18.3. The van der Waals surface area contributed by atoms with Gasteiger partial charge in [0.1, 0.15) is 5.69 Å². The van der Waals surface area contributed by atoms with Gasteiger partial charge in [-0.1, -0.05) is 59.6 Å². The number of nitrogens with zero attached hydrogens (tertiary/aromatic N) is 1. The second-order valence-electron chi connectivity index (χ2n) is 7.67. The Morgan fingerprint density at radius 2 is 1.58 bits per heavy atom. The quantitative estimate of drug-likeness (QED) is 0.375. The van der Waals surface area contributed by atoms with Gasteiger partial charge in [0.25, 0.3) is 0 Å². The predicted molar refractivity (Wildman–Crippen MR) is 135 cm³/mol. The first-order valence-electron chi connectivity index (χ1n) is 9.99. The second-order valence-corrected chi connectivity index (χ2v) is 10.5. The van der Waals surface area contributed by atoms with Crippen LogP contribution in [0, 0.1) is 12.3 Å². The van der Waals surface area contributed by atoms with E-state index in [0.29, 0.717) is 21.4 Å². The van der Waals surface area contributed by atoms with Crippen LogP contribution >= 0.6 is 23.2 Å². The maximum atomic E-state index is 11.9. The molecular weight excluding hydrogens is 479 g/mol. The Morgan fingerprint density at radius 3 is 2.15 bits per heavy atom. The second kappa shape index (κ2) is 10.00. The van der Waals surface area contributed by atoms with Crippen molar-refractivity contribution in [2.45, 2.75) is 25.2 Å². The van der Waals surface area contributed by atoms with Gasteiger partial charge < -0.3 is 5.41 Å². The van der Waals surface area contributed by atoms with Crippen molar-refractivity contribution in [3.05, 3.63) is 81.8 Å². The molecule has 0 radical (unpaired) electrons. The van der Waals surface area contributed by atoms with Gasteiger partial charge in [-0.15, -0.1) is 0 Å². The van der Waals surface area contributed by atoms with E-state index in [9.17, 15) is 13.2 Å². The van der Waals surface area contributed by atoms with Gasteiger partial charge in [0.05, 0.1) is 26.4 Å². The van der Waals surface area contributed by atoms with E-state index >= 15 is 0 Å². The van der Waals surface area contributed by atoms with E-state index in [1.54, 1.807) is 36.4 Å². The van der Waals surface area contributed by atoms with Crippen LogP contribution in [0.25, 0.3) is 11.1 Å². The Labute approximate surface area is 203 Å². The summed E-state index contributed by atoms with van der Waals surface area (Å²) in [5, 5.41) is 8.80. The monoisotopic (exact) mass is 500 g/mol. The number of benzene rings is 3. The number of nitrogens with one attached hydrogen (secondary N) is 1. The summed E-state index contributed by atoms with van der Waals surface area (Å²) < 4.78 is 23.9. The van der Waals surface area contributed by atoms with E-state index < -0.39 is 9.84 Å². The third-order valence-corrected chi connectivity index (χ3v) is 6.81. The number of hydrogen-bond acceptors (Lipinski definition) is 5. The minimum atomic E-state index is -3.33. The number of aryl methyl sites for hydroxylation is 1. The van der Waals surface area contributed by atoms with Crippen molar-refractivity contribution < 1.29 is 13.2 Å². The molecule has 0 saturated heterocycles. The van der Waals surface area contributed by atoms with E-state index in [1.807, 2.05) is 31.2 Å². The molecule has 8 heteroatoms. The number of rotatable bonds is 7. The molecular formula is C25H22Cl2N2O3S. The summed E-state index contributed by atoms with van der Waals surface area (Å²) in [4.78, 5) is 16.6. The van der Waals surface area contributed by atoms with Crippen LogP contribution in [0.3, 0.4) is 0 Å². The Morgan fingerprint density at radius 1 is 0.970 bits per heavy atom. The zero-order valence-corrected chi connectivity index (χ0v) is 20.6. The molecule has 1 N–H and O–H groups in total. The van der Waals surface area contributed by atoms with Crippen molar-refractivity contribution in [2.24, 2.45) is 4.99 Å². The average molecular weight is 501 g/mol. The molecule has 0 aliphatic carbocycles. The van der Waals surface area contributed by atoms with Crippen LogP contribution in [-0.4, -0.2) is 31.9 Å². The highest BCUT2D eigenvalue weighted by Crippen LogP contribution is 2.34. The Bertz CT molecular complexity index is 1380. The first-order valence-corrected chi connectivity index (χ1v) is 12.6. The van der Waals surface area contributed by atoms with E-state index in [-0.39, 0.29) is 22.8 Å². The molecule has 0 fully saturated rings. The summed E-state index contributed by atoms with van der Waals surface area (Å²) in [5.41, 5.74) is 3.95. The third-order valence-electron chi connectivity index (χ3n) is 5.09. The SMILES string of the molecule is CC(=O)C(=N)CC(=Nc1c(Cl)cccc1Cl)c1ccc(-c2cccc(S(C)(=O)=O)c2)cc1C. The summed E-state index contributed by atoms with van der Waals surface area (Å²) >= 11 is 12.6. The molecule has 5 nitrogen and oxygen atoms in total. The van der Waals surface area contributed by atoms with E-state index in [1.165, 1.54) is 13.2 Å². The molecule has 0 aliphatic heterocycles. The van der Waals surface area contributed by atoms with Crippen LogP contribution in [0.5, 0.6) is 0 Å². The predicted octanol–water partition coefficient (Wildman–Crippen LogP) is 6.49. The molecule has 0 heterocycles. The van der Waals surface area contributed by atoms with Gasteiger partial charge in [0, 0.05) is 19.6 Å². The van der Waals surface area contributed by atoms with Gasteiger partial charge >= 0.3 is 0 Å². The molecule has 0 spiro atoms. The smallest absolute Gasteiger partial charge is 0.175 e. The van der Waals surface area contributed by atoms with Crippen LogP contribution in [0.4, 0.5) is 5.69 Å². The topological polar surface area (TPSA) is 87.4 Å². The first-order chi connectivity index (χ1) is 15.5. The maximum Gasteiger partial charge on any atom is 0.175 e. The summed E-state index contributed by atoms with van der Waals surface area (Å²) in [6.45, 7) is 3.23. The van der Waals surface area contributed by atoms with Crippen LogP contribution in [0.15, 0.2) is 70.6 Å². The lowest BCUT2D eigenvalue weighted by molar-refractivity contribution is -0.111. The molecule has 0 aromatic heterocycles. The summed E-state index contributed by atoms with van der Waals surface area (Å²) in [5.74, 6) is -0.347. The zero-order chi connectivity index (χ0) is 24.3. The molecule has 0 bridgehead atoms. The van der Waals surface area contributed by atoms with Gasteiger partial charge in [-0.05, 0) is 53.4 Å². The number of aliphatic imine (C=N–C) groups is 1. The fourth-order valence-corrected chi connectivity index (χ4v) is 4.44. The average Bonchev–Trinajstić information content (AvgIpc) is 2.75. The number of Topliss-reactive ketones (excluding diaryl/α,β-unsaturated/α-hetero) is 1. The van der Waals surface area contributed by atoms with Crippen LogP contribution in [0.2, 0.25) is 10.0 Å². The van der Waals surface area contributed by atoms with Gasteiger partial charge in [-0.3, -0.25) is 4.79 Å². The van der Waals surface area contributed by atoms with E-state index in [0.717, 1.165) is 22.3 Å². The summed E-state index contributed by atoms with van der Waals surface area (Å²) in [6.07, 6.45) is 1.19. The maximum absolute atomic E-state index is 11.9. The highest BCUT2D eigenvalue weighted by atomic mass is 35.5. The molecule has 3 aromatic carbocycles. The third kappa shape index (κ3) is 5.96. The van der Waals surface area contributed by atoms with Crippen LogP contribution in [-0.2, 0) is 14.6 Å². The van der Waals surface area contributed by atoms with Gasteiger partial charge in [-0.25, -0.2) is 13.4 Å². The molecule has 0 unspecified atom stereocenters. The van der Waals surface area contributed by atoms with Gasteiger partial charge in [0.15, 0.2) is 15.6 Å². The van der Waals surface area contributed by atoms with Crippen molar-refractivity contribution in [1.82, 2.24) is 0 Å². The summed E-state index contributed by atoms with van der Waals surface area (Å²) in [6, 6.07) is 17.4. The summed E-state index contributed by atoms with van der Waals surface area (Å²) in [7, 11) is -3.33. The highest BCUT2D eigenvalue weighted by molar-refractivity contribution is 7.90. The Balaban J connectivity index is 2.11. The van der Waals surface area contributed by atoms with Crippen molar-refractivity contribution in [1.29, 1.82) is 5.41 Å². The molecule has 0 atom stereocenters. The molecule has 0 amide bonds. The fraction of sp³-hybridized carbons (Fsp3) is 0.160. The Kier molecular flexibility index (Phi) is 7.52. The minimum absolute atomic E-state index is 0.0145. The van der Waals surface area contributed by atoms with Crippen molar-refractivity contribution in [3.8, 4) is 11.1 Å². The van der Waals surface area contributed by atoms with Gasteiger partial charge in [0.2, 0.25) is 0 Å². The number of carbonyl (C=O) groups is 1. The lowest BCUT2D eigenvalue weighted by Gasteiger charge is -2.13. The van der Waals surface area contributed by atoms with Crippen molar-refractivity contribution in [3.63, 3.8) is 0 Å². The van der Waals surface area contributed by atoms with E-state index in [2.05, 4.69) is 4.99 Å². The molecule has 3 aromatic rings. The molecule has 0 aliphatic rings. The molecule has 0 saturated carbocycles. The lowest BCUT2D eigenvalue weighted by Crippen LogP contribution is -2.16.